The van der Waals surface area contributed by atoms with Crippen molar-refractivity contribution < 1.29 is 18.1 Å². The summed E-state index contributed by atoms with van der Waals surface area (Å²) in [6.07, 6.45) is 0.628. The lowest BCUT2D eigenvalue weighted by molar-refractivity contribution is 0.0956. The van der Waals surface area contributed by atoms with Crippen molar-refractivity contribution in [2.24, 2.45) is 0 Å². The third-order valence-electron chi connectivity index (χ3n) is 7.77. The molecule has 0 saturated heterocycles. The second-order valence-corrected chi connectivity index (χ2v) is 13.0. The number of carbonyl (C=O) groups excluding carboxylic acids is 1. The Morgan fingerprint density at radius 3 is 2.27 bits per heavy atom. The van der Waals surface area contributed by atoms with Gasteiger partial charge in [0.2, 0.25) is 0 Å². The predicted molar refractivity (Wildman–Crippen MR) is 175 cm³/mol. The van der Waals surface area contributed by atoms with Crippen molar-refractivity contribution in [2.75, 3.05) is 12.3 Å². The van der Waals surface area contributed by atoms with Crippen molar-refractivity contribution in [3.05, 3.63) is 137 Å². The molecule has 0 aliphatic carbocycles. The summed E-state index contributed by atoms with van der Waals surface area (Å²) in [6.45, 7) is 6.63. The molecule has 2 unspecified atom stereocenters. The average Bonchev–Trinajstić information content (AvgIpc) is 3.54. The second kappa shape index (κ2) is 13.9. The lowest BCUT2D eigenvalue weighted by Gasteiger charge is -2.21. The zero-order valence-corrected chi connectivity index (χ0v) is 26.3. The summed E-state index contributed by atoms with van der Waals surface area (Å²) < 4.78 is 27.5. The fraction of sp³-hybridized carbons (Fsp3) is 0.216. The maximum absolute atomic E-state index is 12.4. The van der Waals surface area contributed by atoms with Crippen LogP contribution in [0.4, 0.5) is 0 Å². The standard InChI is InChI=1S/C37H35N3O4S/c1-37(2,3)32-17-15-28(16-18-32)33(21-25-7-13-29(14-8-25)36(41)39-19-20-45(42)43)34-23-35(44-40-34)31-6-4-5-30(22-31)27-11-9-26(24-38)10-12-27/h4-18,22-23,33H,19-21H2,1-3H3,(H,39,41)(H,42,43)/p-1. The highest BCUT2D eigenvalue weighted by Crippen LogP contribution is 2.34. The van der Waals surface area contributed by atoms with E-state index in [0.29, 0.717) is 23.3 Å². The van der Waals surface area contributed by atoms with E-state index >= 15 is 0 Å². The number of nitrogens with one attached hydrogen (secondary N) is 1. The second-order valence-electron chi connectivity index (χ2n) is 12.0. The van der Waals surface area contributed by atoms with Crippen molar-refractivity contribution in [3.8, 4) is 28.5 Å². The maximum Gasteiger partial charge on any atom is 0.251 e. The Hall–Kier alpha value is -4.84. The van der Waals surface area contributed by atoms with Crippen LogP contribution in [-0.2, 0) is 22.9 Å². The van der Waals surface area contributed by atoms with Crippen molar-refractivity contribution in [1.29, 1.82) is 5.26 Å². The van der Waals surface area contributed by atoms with Crippen LogP contribution >= 0.6 is 0 Å². The predicted octanol–water partition coefficient (Wildman–Crippen LogP) is 7.16. The van der Waals surface area contributed by atoms with Gasteiger partial charge in [0, 0.05) is 35.4 Å². The third-order valence-corrected chi connectivity index (χ3v) is 8.31. The zero-order chi connectivity index (χ0) is 32.0. The summed E-state index contributed by atoms with van der Waals surface area (Å²) in [5.74, 6) is 0.109. The lowest BCUT2D eigenvalue weighted by Crippen LogP contribution is -2.27. The Bertz CT molecular complexity index is 1830. The van der Waals surface area contributed by atoms with Gasteiger partial charge in [-0.2, -0.15) is 5.26 Å². The number of benzene rings is 4. The number of hydrogen-bond donors (Lipinski definition) is 1. The fourth-order valence-electron chi connectivity index (χ4n) is 5.16. The molecule has 1 heterocycles. The topological polar surface area (TPSA) is 119 Å². The highest BCUT2D eigenvalue weighted by molar-refractivity contribution is 7.79. The van der Waals surface area contributed by atoms with E-state index in [0.717, 1.165) is 33.5 Å². The maximum atomic E-state index is 12.4. The summed E-state index contributed by atoms with van der Waals surface area (Å²) >= 11 is -2.20. The first-order valence-electron chi connectivity index (χ1n) is 14.7. The first-order valence-corrected chi connectivity index (χ1v) is 16.0. The van der Waals surface area contributed by atoms with E-state index < -0.39 is 11.1 Å². The number of rotatable bonds is 10. The minimum absolute atomic E-state index is 0.0220. The molecule has 1 aromatic heterocycles. The minimum atomic E-state index is -2.20. The Labute approximate surface area is 266 Å². The molecule has 0 saturated carbocycles. The fourth-order valence-corrected chi connectivity index (χ4v) is 5.43. The molecule has 45 heavy (non-hydrogen) atoms. The van der Waals surface area contributed by atoms with E-state index in [1.807, 2.05) is 48.5 Å². The SMILES string of the molecule is CC(C)(C)c1ccc(C(Cc2ccc(C(=O)NCCS(=O)[O-])cc2)c2cc(-c3cccc(-c4ccc(C#N)cc4)c3)on2)cc1. The van der Waals surface area contributed by atoms with E-state index in [1.165, 1.54) is 5.56 Å². The van der Waals surface area contributed by atoms with E-state index in [4.69, 9.17) is 9.78 Å². The molecule has 228 valence electrons. The van der Waals surface area contributed by atoms with Crippen molar-refractivity contribution in [3.63, 3.8) is 0 Å². The van der Waals surface area contributed by atoms with Gasteiger partial charge in [0.15, 0.2) is 5.76 Å². The summed E-state index contributed by atoms with van der Waals surface area (Å²) in [5.41, 5.74) is 8.16. The monoisotopic (exact) mass is 616 g/mol. The van der Waals surface area contributed by atoms with E-state index in [2.05, 4.69) is 67.6 Å². The van der Waals surface area contributed by atoms with Gasteiger partial charge in [-0.1, -0.05) is 104 Å². The Balaban J connectivity index is 1.42. The number of nitrogens with zero attached hydrogens (tertiary/aromatic N) is 2. The van der Waals surface area contributed by atoms with Crippen LogP contribution in [0.2, 0.25) is 0 Å². The molecule has 7 nitrogen and oxygen atoms in total. The largest absolute Gasteiger partial charge is 0.772 e. The summed E-state index contributed by atoms with van der Waals surface area (Å²) in [5, 5.41) is 16.3. The molecule has 0 spiro atoms. The van der Waals surface area contributed by atoms with Gasteiger partial charge in [-0.15, -0.1) is 0 Å². The minimum Gasteiger partial charge on any atom is -0.772 e. The van der Waals surface area contributed by atoms with Gasteiger partial charge in [0.25, 0.3) is 5.91 Å². The summed E-state index contributed by atoms with van der Waals surface area (Å²) in [6, 6.07) is 35.6. The van der Waals surface area contributed by atoms with Crippen LogP contribution in [-0.4, -0.2) is 32.1 Å². The average molecular weight is 617 g/mol. The molecule has 0 aliphatic rings. The van der Waals surface area contributed by atoms with E-state index in [-0.39, 0.29) is 29.5 Å². The number of nitriles is 1. The van der Waals surface area contributed by atoms with Gasteiger partial charge in [-0.05, 0) is 70.0 Å². The smallest absolute Gasteiger partial charge is 0.251 e. The lowest BCUT2D eigenvalue weighted by atomic mass is 9.83. The van der Waals surface area contributed by atoms with Gasteiger partial charge < -0.3 is 14.4 Å². The molecular weight excluding hydrogens is 582 g/mol. The molecule has 0 fully saturated rings. The molecule has 0 aliphatic heterocycles. The third kappa shape index (κ3) is 8.01. The highest BCUT2D eigenvalue weighted by Gasteiger charge is 2.22. The van der Waals surface area contributed by atoms with Crippen LogP contribution in [0.1, 0.15) is 65.0 Å². The molecule has 5 rings (SSSR count). The first-order chi connectivity index (χ1) is 21.6. The Kier molecular flexibility index (Phi) is 9.72. The molecule has 2 atom stereocenters. The zero-order valence-electron chi connectivity index (χ0n) is 25.4. The van der Waals surface area contributed by atoms with Gasteiger partial charge >= 0.3 is 0 Å². The van der Waals surface area contributed by atoms with Crippen molar-refractivity contribution >= 4 is 17.0 Å². The Morgan fingerprint density at radius 2 is 1.62 bits per heavy atom. The van der Waals surface area contributed by atoms with Crippen LogP contribution in [0, 0.1) is 11.3 Å². The van der Waals surface area contributed by atoms with E-state index in [1.54, 1.807) is 24.3 Å². The molecule has 1 amide bonds. The number of carbonyl (C=O) groups is 1. The summed E-state index contributed by atoms with van der Waals surface area (Å²) in [4.78, 5) is 12.4. The number of amides is 1. The van der Waals surface area contributed by atoms with Crippen LogP contribution < -0.4 is 5.32 Å². The molecule has 5 aromatic rings. The molecule has 0 radical (unpaired) electrons. The van der Waals surface area contributed by atoms with Crippen LogP contribution in [0.15, 0.2) is 108 Å². The number of aromatic nitrogens is 1. The summed E-state index contributed by atoms with van der Waals surface area (Å²) in [7, 11) is 0. The molecule has 0 bridgehead atoms. The van der Waals surface area contributed by atoms with Crippen LogP contribution in [0.25, 0.3) is 22.5 Å². The normalized spacial score (nSPS) is 12.7. The van der Waals surface area contributed by atoms with Crippen molar-refractivity contribution in [1.82, 2.24) is 10.5 Å². The van der Waals surface area contributed by atoms with Gasteiger partial charge in [-0.3, -0.25) is 9.00 Å². The van der Waals surface area contributed by atoms with Crippen molar-refractivity contribution in [2.45, 2.75) is 38.5 Å². The van der Waals surface area contributed by atoms with Crippen LogP contribution in [0.5, 0.6) is 0 Å². The Morgan fingerprint density at radius 1 is 0.933 bits per heavy atom. The first kappa shape index (κ1) is 31.6. The van der Waals surface area contributed by atoms with E-state index in [9.17, 15) is 13.6 Å². The number of hydrogen-bond acceptors (Lipinski definition) is 6. The molecule has 1 N–H and O–H groups in total. The molecule has 4 aromatic carbocycles. The van der Waals surface area contributed by atoms with Crippen LogP contribution in [0.3, 0.4) is 0 Å². The highest BCUT2D eigenvalue weighted by atomic mass is 32.2. The van der Waals surface area contributed by atoms with Gasteiger partial charge in [-0.25, -0.2) is 0 Å². The molecule has 8 heteroatoms. The quantitative estimate of drug-likeness (QED) is 0.166. The van der Waals surface area contributed by atoms with Gasteiger partial charge in [0.05, 0.1) is 17.3 Å². The van der Waals surface area contributed by atoms with Gasteiger partial charge in [0.1, 0.15) is 0 Å². The molecular formula is C37H34N3O4S-.